The third kappa shape index (κ3) is 6.22. The number of nitrogens with zero attached hydrogens (tertiary/aromatic N) is 3. The number of para-hydroxylation sites is 2. The molecule has 2 aromatic rings. The van der Waals surface area contributed by atoms with E-state index >= 15 is 0 Å². The first-order valence-corrected chi connectivity index (χ1v) is 13.2. The van der Waals surface area contributed by atoms with Crippen molar-refractivity contribution in [3.05, 3.63) is 40.3 Å². The molecule has 0 spiro atoms. The topological polar surface area (TPSA) is 69.7 Å². The lowest BCUT2D eigenvalue weighted by Gasteiger charge is -2.33. The fourth-order valence-electron chi connectivity index (χ4n) is 4.24. The van der Waals surface area contributed by atoms with Crippen LogP contribution in [0, 0.1) is 0 Å². The minimum Gasteiger partial charge on any atom is -0.378 e. The average molecular weight is 488 g/mol. The van der Waals surface area contributed by atoms with E-state index < -0.39 is 0 Å². The summed E-state index contributed by atoms with van der Waals surface area (Å²) in [6.07, 6.45) is 4.31. The van der Waals surface area contributed by atoms with Gasteiger partial charge in [-0.3, -0.25) is 4.79 Å². The van der Waals surface area contributed by atoms with E-state index in [4.69, 9.17) is 21.9 Å². The van der Waals surface area contributed by atoms with Gasteiger partial charge in [-0.1, -0.05) is 25.5 Å². The van der Waals surface area contributed by atoms with Gasteiger partial charge in [0.25, 0.3) is 5.91 Å². The number of unbranched alkanes of at least 4 members (excludes halogenated alkanes) is 1. The highest BCUT2D eigenvalue weighted by Crippen LogP contribution is 2.31. The Morgan fingerprint density at radius 2 is 1.97 bits per heavy atom. The molecule has 1 aromatic carbocycles. The van der Waals surface area contributed by atoms with Crippen LogP contribution in [0.15, 0.2) is 29.6 Å². The van der Waals surface area contributed by atoms with Gasteiger partial charge < -0.3 is 25.2 Å². The van der Waals surface area contributed by atoms with Gasteiger partial charge in [0, 0.05) is 44.0 Å². The molecule has 2 aliphatic rings. The summed E-state index contributed by atoms with van der Waals surface area (Å²) in [7, 11) is 0. The zero-order chi connectivity index (χ0) is 23.0. The van der Waals surface area contributed by atoms with Crippen LogP contribution in [0.3, 0.4) is 0 Å². The predicted molar refractivity (Wildman–Crippen MR) is 139 cm³/mol. The van der Waals surface area contributed by atoms with Crippen molar-refractivity contribution in [2.24, 2.45) is 0 Å². The molecule has 178 valence electrons. The second-order valence-corrected chi connectivity index (χ2v) is 9.76. The molecule has 33 heavy (non-hydrogen) atoms. The Labute approximate surface area is 205 Å². The number of hydrogen-bond acceptors (Lipinski definition) is 6. The van der Waals surface area contributed by atoms with Crippen LogP contribution in [0.4, 0.5) is 11.4 Å². The first kappa shape index (κ1) is 23.9. The molecule has 2 N–H and O–H groups in total. The average Bonchev–Trinajstić information content (AvgIpc) is 3.36. The number of piperidine rings is 1. The molecule has 0 atom stereocenters. The quantitative estimate of drug-likeness (QED) is 0.450. The summed E-state index contributed by atoms with van der Waals surface area (Å²) >= 11 is 7.13. The molecule has 2 saturated heterocycles. The lowest BCUT2D eigenvalue weighted by molar-refractivity contribution is 0.102. The molecular weight excluding hydrogens is 454 g/mol. The van der Waals surface area contributed by atoms with Crippen LogP contribution in [-0.2, 0) is 4.74 Å². The van der Waals surface area contributed by atoms with Crippen molar-refractivity contribution in [1.29, 1.82) is 0 Å². The molecule has 0 bridgehead atoms. The SMILES string of the molecule is CCCCNC(=S)N1CCC(c2nc(C(=O)Nc3ccccc3N3CCOCC3)cs2)CC1. The van der Waals surface area contributed by atoms with Crippen LogP contribution in [0.2, 0.25) is 0 Å². The third-order valence-electron chi connectivity index (χ3n) is 6.20. The highest BCUT2D eigenvalue weighted by molar-refractivity contribution is 7.80. The lowest BCUT2D eigenvalue weighted by Crippen LogP contribution is -2.44. The molecule has 0 aliphatic carbocycles. The van der Waals surface area contributed by atoms with Crippen LogP contribution < -0.4 is 15.5 Å². The molecule has 9 heteroatoms. The zero-order valence-corrected chi connectivity index (χ0v) is 20.8. The van der Waals surface area contributed by atoms with E-state index in [1.54, 1.807) is 11.3 Å². The maximum Gasteiger partial charge on any atom is 0.275 e. The minimum absolute atomic E-state index is 0.156. The maximum absolute atomic E-state index is 13.0. The van der Waals surface area contributed by atoms with Gasteiger partial charge in [-0.25, -0.2) is 4.98 Å². The van der Waals surface area contributed by atoms with Gasteiger partial charge in [-0.2, -0.15) is 0 Å². The highest BCUT2D eigenvalue weighted by Gasteiger charge is 2.25. The van der Waals surface area contributed by atoms with E-state index in [9.17, 15) is 4.79 Å². The first-order chi connectivity index (χ1) is 16.2. The van der Waals surface area contributed by atoms with Gasteiger partial charge in [-0.05, 0) is 43.6 Å². The summed E-state index contributed by atoms with van der Waals surface area (Å²) in [5.74, 6) is 0.226. The van der Waals surface area contributed by atoms with Gasteiger partial charge in [0.05, 0.1) is 29.6 Å². The number of thiazole rings is 1. The number of likely N-dealkylation sites (tertiary alicyclic amines) is 1. The van der Waals surface area contributed by atoms with Crippen molar-refractivity contribution in [1.82, 2.24) is 15.2 Å². The number of aromatic nitrogens is 1. The summed E-state index contributed by atoms with van der Waals surface area (Å²) in [4.78, 5) is 22.2. The van der Waals surface area contributed by atoms with Crippen molar-refractivity contribution in [3.8, 4) is 0 Å². The Morgan fingerprint density at radius 3 is 2.73 bits per heavy atom. The summed E-state index contributed by atoms with van der Waals surface area (Å²) in [6.45, 7) is 8.03. The maximum atomic E-state index is 13.0. The van der Waals surface area contributed by atoms with Crippen LogP contribution in [-0.4, -0.2) is 66.8 Å². The van der Waals surface area contributed by atoms with Crippen molar-refractivity contribution in [2.45, 2.75) is 38.5 Å². The number of carbonyl (C=O) groups excluding carboxylic acids is 1. The molecule has 4 rings (SSSR count). The molecule has 0 radical (unpaired) electrons. The number of carbonyl (C=O) groups is 1. The lowest BCUT2D eigenvalue weighted by atomic mass is 9.98. The highest BCUT2D eigenvalue weighted by atomic mass is 32.1. The Morgan fingerprint density at radius 1 is 1.21 bits per heavy atom. The molecule has 1 amide bonds. The number of morpholine rings is 1. The van der Waals surface area contributed by atoms with E-state index in [1.165, 1.54) is 0 Å². The Balaban J connectivity index is 1.33. The molecule has 2 fully saturated rings. The number of benzene rings is 1. The Hall–Kier alpha value is -2.23. The fourth-order valence-corrected chi connectivity index (χ4v) is 5.49. The fraction of sp³-hybridized carbons (Fsp3) is 0.542. The van der Waals surface area contributed by atoms with Gasteiger partial charge in [0.2, 0.25) is 0 Å². The van der Waals surface area contributed by atoms with Crippen LogP contribution >= 0.6 is 23.6 Å². The molecular formula is C24H33N5O2S2. The van der Waals surface area contributed by atoms with E-state index in [2.05, 4.69) is 27.4 Å². The van der Waals surface area contributed by atoms with Crippen molar-refractivity contribution in [2.75, 3.05) is 56.2 Å². The number of anilines is 2. The number of hydrogen-bond donors (Lipinski definition) is 2. The predicted octanol–water partition coefficient (Wildman–Crippen LogP) is 4.09. The Kier molecular flexibility index (Phi) is 8.52. The molecule has 1 aromatic heterocycles. The number of rotatable bonds is 7. The minimum atomic E-state index is -0.156. The standard InChI is InChI=1S/C24H33N5O2S2/c1-2-3-10-25-24(32)29-11-8-18(9-12-29)23-27-20(17-33-23)22(30)26-19-6-4-5-7-21(19)28-13-15-31-16-14-28/h4-7,17-18H,2-3,8-16H2,1H3,(H,25,32)(H,26,30). The first-order valence-electron chi connectivity index (χ1n) is 11.9. The molecule has 3 heterocycles. The van der Waals surface area contributed by atoms with E-state index in [0.717, 1.165) is 79.9 Å². The summed E-state index contributed by atoms with van der Waals surface area (Å²) in [5, 5.41) is 10.2. The van der Waals surface area contributed by atoms with Gasteiger partial charge in [0.1, 0.15) is 5.69 Å². The van der Waals surface area contributed by atoms with Crippen LogP contribution in [0.25, 0.3) is 0 Å². The van der Waals surface area contributed by atoms with Crippen LogP contribution in [0.1, 0.15) is 54.0 Å². The largest absolute Gasteiger partial charge is 0.378 e. The van der Waals surface area contributed by atoms with Crippen LogP contribution in [0.5, 0.6) is 0 Å². The second kappa shape index (κ2) is 11.8. The normalized spacial score (nSPS) is 17.1. The Bertz CT molecular complexity index is 936. The number of ether oxygens (including phenoxy) is 1. The molecule has 2 aliphatic heterocycles. The smallest absolute Gasteiger partial charge is 0.275 e. The van der Waals surface area contributed by atoms with Crippen molar-refractivity contribution < 1.29 is 9.53 Å². The van der Waals surface area contributed by atoms with E-state index in [0.29, 0.717) is 24.8 Å². The zero-order valence-electron chi connectivity index (χ0n) is 19.2. The molecule has 0 saturated carbocycles. The van der Waals surface area contributed by atoms with Gasteiger partial charge in [-0.15, -0.1) is 11.3 Å². The number of thiocarbonyl (C=S) groups is 1. The molecule has 7 nitrogen and oxygen atoms in total. The van der Waals surface area contributed by atoms with E-state index in [1.807, 2.05) is 29.6 Å². The van der Waals surface area contributed by atoms with Crippen molar-refractivity contribution in [3.63, 3.8) is 0 Å². The molecule has 0 unspecified atom stereocenters. The monoisotopic (exact) mass is 487 g/mol. The second-order valence-electron chi connectivity index (χ2n) is 8.49. The van der Waals surface area contributed by atoms with Gasteiger partial charge >= 0.3 is 0 Å². The number of amides is 1. The number of nitrogens with one attached hydrogen (secondary N) is 2. The summed E-state index contributed by atoms with van der Waals surface area (Å²) in [5.41, 5.74) is 2.34. The van der Waals surface area contributed by atoms with E-state index in [-0.39, 0.29) is 5.91 Å². The van der Waals surface area contributed by atoms with Gasteiger partial charge in [0.15, 0.2) is 5.11 Å². The van der Waals surface area contributed by atoms with Crippen molar-refractivity contribution >= 4 is 45.9 Å². The summed E-state index contributed by atoms with van der Waals surface area (Å²) in [6, 6.07) is 7.94. The third-order valence-corrected chi connectivity index (χ3v) is 7.61. The summed E-state index contributed by atoms with van der Waals surface area (Å²) < 4.78 is 5.46.